The van der Waals surface area contributed by atoms with Crippen molar-refractivity contribution in [3.8, 4) is 0 Å². The van der Waals surface area contributed by atoms with E-state index in [1.165, 1.54) is 5.56 Å². The van der Waals surface area contributed by atoms with E-state index in [-0.39, 0.29) is 11.8 Å². The first-order valence-corrected chi connectivity index (χ1v) is 8.51. The van der Waals surface area contributed by atoms with Gasteiger partial charge in [-0.15, -0.1) is 0 Å². The van der Waals surface area contributed by atoms with Gasteiger partial charge in [-0.3, -0.25) is 4.79 Å². The molecule has 122 valence electrons. The van der Waals surface area contributed by atoms with Crippen molar-refractivity contribution in [2.24, 2.45) is 0 Å². The summed E-state index contributed by atoms with van der Waals surface area (Å²) >= 11 is 0. The number of fused-ring (bicyclic) bond motifs is 1. The Morgan fingerprint density at radius 1 is 1.17 bits per heavy atom. The van der Waals surface area contributed by atoms with Crippen LogP contribution < -0.4 is 0 Å². The van der Waals surface area contributed by atoms with Crippen LogP contribution in [0.1, 0.15) is 40.5 Å². The van der Waals surface area contributed by atoms with E-state index in [0.717, 1.165) is 48.4 Å². The Morgan fingerprint density at radius 2 is 1.96 bits per heavy atom. The highest BCUT2D eigenvalue weighted by Gasteiger charge is 2.27. The highest BCUT2D eigenvalue weighted by atomic mass is 16.2. The maximum atomic E-state index is 12.8. The zero-order chi connectivity index (χ0) is 16.5. The van der Waals surface area contributed by atoms with Gasteiger partial charge in [-0.2, -0.15) is 0 Å². The summed E-state index contributed by atoms with van der Waals surface area (Å²) in [5.41, 5.74) is 4.00. The van der Waals surface area contributed by atoms with E-state index < -0.39 is 0 Å². The summed E-state index contributed by atoms with van der Waals surface area (Å²) in [5, 5.41) is 0. The van der Waals surface area contributed by atoms with E-state index in [1.54, 1.807) is 0 Å². The molecule has 0 radical (unpaired) electrons. The Balaban J connectivity index is 1.54. The fourth-order valence-corrected chi connectivity index (χ4v) is 3.43. The molecule has 0 aliphatic carbocycles. The summed E-state index contributed by atoms with van der Waals surface area (Å²) in [6.07, 6.45) is 2.08. The van der Waals surface area contributed by atoms with Crippen molar-refractivity contribution in [3.05, 3.63) is 65.5 Å². The molecule has 1 aromatic heterocycles. The smallest absolute Gasteiger partial charge is 0.253 e. The summed E-state index contributed by atoms with van der Waals surface area (Å²) < 4.78 is 0. The predicted octanol–water partition coefficient (Wildman–Crippen LogP) is 3.89. The molecule has 1 amide bonds. The van der Waals surface area contributed by atoms with Crippen LogP contribution in [-0.2, 0) is 0 Å². The van der Waals surface area contributed by atoms with Crippen molar-refractivity contribution in [1.82, 2.24) is 14.9 Å². The number of carbonyl (C=O) groups excluding carboxylic acids is 1. The van der Waals surface area contributed by atoms with Gasteiger partial charge >= 0.3 is 0 Å². The van der Waals surface area contributed by atoms with E-state index in [4.69, 9.17) is 4.98 Å². The number of piperidine rings is 1. The van der Waals surface area contributed by atoms with Crippen LogP contribution in [0.5, 0.6) is 0 Å². The Labute approximate surface area is 141 Å². The molecular weight excluding hydrogens is 298 g/mol. The number of aryl methyl sites for hydroxylation is 1. The summed E-state index contributed by atoms with van der Waals surface area (Å²) in [6, 6.07) is 15.9. The largest absolute Gasteiger partial charge is 0.342 e. The molecule has 0 bridgehead atoms. The number of para-hydroxylation sites is 2. The Kier molecular flexibility index (Phi) is 3.81. The van der Waals surface area contributed by atoms with Gasteiger partial charge in [0.15, 0.2) is 0 Å². The van der Waals surface area contributed by atoms with Gasteiger partial charge in [0, 0.05) is 24.6 Å². The standard InChI is InChI=1S/C20H21N3O/c1-14-8-10-15(11-9-14)20(24)23-12-4-5-16(13-23)19-21-17-6-2-3-7-18(17)22-19/h2-3,6-11,16H,4-5,12-13H2,1H3,(H,21,22)/t16-/m0/s1. The summed E-state index contributed by atoms with van der Waals surface area (Å²) in [4.78, 5) is 22.9. The minimum absolute atomic E-state index is 0.121. The van der Waals surface area contributed by atoms with Gasteiger partial charge in [0.2, 0.25) is 0 Å². The van der Waals surface area contributed by atoms with Gasteiger partial charge in [0.1, 0.15) is 5.82 Å². The van der Waals surface area contributed by atoms with Gasteiger partial charge < -0.3 is 9.88 Å². The fraction of sp³-hybridized carbons (Fsp3) is 0.300. The molecule has 1 atom stereocenters. The normalized spacial score (nSPS) is 18.0. The lowest BCUT2D eigenvalue weighted by Crippen LogP contribution is -2.39. The van der Waals surface area contributed by atoms with E-state index in [1.807, 2.05) is 60.4 Å². The molecule has 3 aromatic rings. The molecule has 4 nitrogen and oxygen atoms in total. The lowest BCUT2D eigenvalue weighted by Gasteiger charge is -2.32. The molecule has 1 aliphatic rings. The Bertz CT molecular complexity index is 833. The van der Waals surface area contributed by atoms with Crippen LogP contribution in [0, 0.1) is 6.92 Å². The Morgan fingerprint density at radius 3 is 2.75 bits per heavy atom. The van der Waals surface area contributed by atoms with Crippen molar-refractivity contribution in [1.29, 1.82) is 0 Å². The lowest BCUT2D eigenvalue weighted by molar-refractivity contribution is 0.0705. The predicted molar refractivity (Wildman–Crippen MR) is 95.2 cm³/mol. The van der Waals surface area contributed by atoms with Gasteiger partial charge in [-0.05, 0) is 44.0 Å². The molecule has 24 heavy (non-hydrogen) atoms. The molecular formula is C20H21N3O. The zero-order valence-electron chi connectivity index (χ0n) is 13.8. The summed E-state index contributed by atoms with van der Waals surface area (Å²) in [7, 11) is 0. The number of nitrogens with zero attached hydrogens (tertiary/aromatic N) is 2. The summed E-state index contributed by atoms with van der Waals surface area (Å²) in [5.74, 6) is 1.40. The van der Waals surface area contributed by atoms with Crippen molar-refractivity contribution in [2.45, 2.75) is 25.7 Å². The molecule has 4 heteroatoms. The molecule has 0 unspecified atom stereocenters. The van der Waals surface area contributed by atoms with Gasteiger partial charge in [0.25, 0.3) is 5.91 Å². The van der Waals surface area contributed by atoms with E-state index in [0.29, 0.717) is 0 Å². The molecule has 2 aromatic carbocycles. The fourth-order valence-electron chi connectivity index (χ4n) is 3.43. The first-order chi connectivity index (χ1) is 11.7. The first kappa shape index (κ1) is 14.9. The van der Waals surface area contributed by atoms with Crippen molar-refractivity contribution < 1.29 is 4.79 Å². The van der Waals surface area contributed by atoms with Crippen molar-refractivity contribution in [2.75, 3.05) is 13.1 Å². The minimum Gasteiger partial charge on any atom is -0.342 e. The van der Waals surface area contributed by atoms with Crippen LogP contribution in [-0.4, -0.2) is 33.9 Å². The second kappa shape index (κ2) is 6.11. The number of aromatic amines is 1. The lowest BCUT2D eigenvalue weighted by atomic mass is 9.96. The van der Waals surface area contributed by atoms with Gasteiger partial charge in [-0.1, -0.05) is 29.8 Å². The van der Waals surface area contributed by atoms with E-state index >= 15 is 0 Å². The quantitative estimate of drug-likeness (QED) is 0.779. The number of aromatic nitrogens is 2. The van der Waals surface area contributed by atoms with Crippen LogP contribution in [0.2, 0.25) is 0 Å². The van der Waals surface area contributed by atoms with Gasteiger partial charge in [-0.25, -0.2) is 4.98 Å². The third-order valence-electron chi connectivity index (χ3n) is 4.80. The number of carbonyl (C=O) groups is 1. The number of hydrogen-bond acceptors (Lipinski definition) is 2. The van der Waals surface area contributed by atoms with Crippen LogP contribution in [0.4, 0.5) is 0 Å². The SMILES string of the molecule is Cc1ccc(C(=O)N2CCC[C@H](c3nc4ccccc4[nH]3)C2)cc1. The highest BCUT2D eigenvalue weighted by Crippen LogP contribution is 2.27. The second-order valence-electron chi connectivity index (χ2n) is 6.60. The Hall–Kier alpha value is -2.62. The third-order valence-corrected chi connectivity index (χ3v) is 4.80. The maximum Gasteiger partial charge on any atom is 0.253 e. The number of rotatable bonds is 2. The average molecular weight is 319 g/mol. The molecule has 4 rings (SSSR count). The monoisotopic (exact) mass is 319 g/mol. The van der Waals surface area contributed by atoms with Gasteiger partial charge in [0.05, 0.1) is 11.0 Å². The molecule has 1 saturated heterocycles. The average Bonchev–Trinajstić information content (AvgIpc) is 3.06. The topological polar surface area (TPSA) is 49.0 Å². The number of amides is 1. The summed E-state index contributed by atoms with van der Waals surface area (Å²) in [6.45, 7) is 3.59. The number of imidazole rings is 1. The molecule has 1 fully saturated rings. The van der Waals surface area contributed by atoms with Crippen molar-refractivity contribution >= 4 is 16.9 Å². The molecule has 0 spiro atoms. The molecule has 1 aliphatic heterocycles. The van der Waals surface area contributed by atoms with Crippen LogP contribution in [0.15, 0.2) is 48.5 Å². The van der Waals surface area contributed by atoms with E-state index in [9.17, 15) is 4.79 Å². The number of likely N-dealkylation sites (tertiary alicyclic amines) is 1. The maximum absolute atomic E-state index is 12.8. The third kappa shape index (κ3) is 2.80. The zero-order valence-corrected chi connectivity index (χ0v) is 13.8. The van der Waals surface area contributed by atoms with Crippen LogP contribution in [0.25, 0.3) is 11.0 Å². The molecule has 0 saturated carbocycles. The number of hydrogen-bond donors (Lipinski definition) is 1. The minimum atomic E-state index is 0.121. The number of H-pyrrole nitrogens is 1. The van der Waals surface area contributed by atoms with E-state index in [2.05, 4.69) is 4.98 Å². The molecule has 2 heterocycles. The number of nitrogens with one attached hydrogen (secondary N) is 1. The van der Waals surface area contributed by atoms with Crippen LogP contribution >= 0.6 is 0 Å². The second-order valence-corrected chi connectivity index (χ2v) is 6.60. The van der Waals surface area contributed by atoms with Crippen molar-refractivity contribution in [3.63, 3.8) is 0 Å². The highest BCUT2D eigenvalue weighted by molar-refractivity contribution is 5.94. The number of benzene rings is 2. The van der Waals surface area contributed by atoms with Crippen LogP contribution in [0.3, 0.4) is 0 Å². The molecule has 1 N–H and O–H groups in total. The first-order valence-electron chi connectivity index (χ1n) is 8.51.